The number of ether oxygens (including phenoxy) is 2. The van der Waals surface area contributed by atoms with Crippen molar-refractivity contribution in [2.75, 3.05) is 53.6 Å². The molecule has 1 saturated heterocycles. The molecule has 1 aromatic rings. The van der Waals surface area contributed by atoms with Gasteiger partial charge in [-0.05, 0) is 18.7 Å². The van der Waals surface area contributed by atoms with Gasteiger partial charge in [-0.3, -0.25) is 9.89 Å². The Balaban J connectivity index is 1.97. The summed E-state index contributed by atoms with van der Waals surface area (Å²) in [5, 5.41) is 6.96. The average Bonchev–Trinajstić information content (AvgIpc) is 2.74. The van der Waals surface area contributed by atoms with Crippen LogP contribution < -0.4 is 10.6 Å². The fraction of sp³-hybridized carbons (Fsp3) is 0.667. The van der Waals surface area contributed by atoms with Crippen molar-refractivity contribution in [1.29, 1.82) is 0 Å². The highest BCUT2D eigenvalue weighted by molar-refractivity contribution is 5.79. The van der Waals surface area contributed by atoms with E-state index in [-0.39, 0.29) is 5.60 Å². The molecule has 1 fully saturated rings. The van der Waals surface area contributed by atoms with Crippen LogP contribution in [-0.4, -0.2) is 70.0 Å². The van der Waals surface area contributed by atoms with E-state index in [1.54, 1.807) is 7.11 Å². The van der Waals surface area contributed by atoms with Gasteiger partial charge in [0.1, 0.15) is 0 Å². The molecule has 0 amide bonds. The second-order valence-corrected chi connectivity index (χ2v) is 6.95. The molecule has 1 heterocycles. The van der Waals surface area contributed by atoms with Crippen LogP contribution in [0, 0.1) is 0 Å². The molecule has 6 nitrogen and oxygen atoms in total. The number of nitrogens with zero attached hydrogens (tertiary/aromatic N) is 2. The van der Waals surface area contributed by atoms with Crippen LogP contribution in [0.1, 0.15) is 38.3 Å². The summed E-state index contributed by atoms with van der Waals surface area (Å²) in [6.07, 6.45) is 1.80. The minimum atomic E-state index is -0.173. The predicted molar refractivity (Wildman–Crippen MR) is 111 cm³/mol. The molecule has 152 valence electrons. The summed E-state index contributed by atoms with van der Waals surface area (Å²) in [5.41, 5.74) is 1.15. The van der Waals surface area contributed by atoms with Gasteiger partial charge in [0, 0.05) is 53.3 Å². The van der Waals surface area contributed by atoms with Gasteiger partial charge < -0.3 is 20.1 Å². The van der Waals surface area contributed by atoms with Crippen molar-refractivity contribution in [2.24, 2.45) is 4.99 Å². The first kappa shape index (κ1) is 21.7. The number of benzene rings is 1. The number of guanidine groups is 1. The Labute approximate surface area is 164 Å². The number of hydrogen-bond donors (Lipinski definition) is 2. The Morgan fingerprint density at radius 2 is 1.85 bits per heavy atom. The van der Waals surface area contributed by atoms with Crippen molar-refractivity contribution in [3.05, 3.63) is 35.9 Å². The summed E-state index contributed by atoms with van der Waals surface area (Å²) in [6, 6.07) is 11.0. The Hall–Kier alpha value is -1.63. The summed E-state index contributed by atoms with van der Waals surface area (Å²) in [4.78, 5) is 6.87. The molecule has 1 unspecified atom stereocenters. The standard InChI is InChI=1S/C21H36N4O2/c1-5-25(6-2)19(18-10-8-7-9-11-18)16-23-20(22-3)24-17-21(26-4)12-14-27-15-13-21/h7-11,19H,5-6,12-17H2,1-4H3,(H2,22,23,24). The Morgan fingerprint density at radius 3 is 2.41 bits per heavy atom. The molecule has 2 N–H and O–H groups in total. The highest BCUT2D eigenvalue weighted by Gasteiger charge is 2.32. The number of rotatable bonds is 9. The molecular formula is C21H36N4O2. The van der Waals surface area contributed by atoms with Gasteiger partial charge in [0.15, 0.2) is 5.96 Å². The van der Waals surface area contributed by atoms with Crippen molar-refractivity contribution in [2.45, 2.75) is 38.3 Å². The fourth-order valence-corrected chi connectivity index (χ4v) is 3.65. The van der Waals surface area contributed by atoms with Gasteiger partial charge in [0.2, 0.25) is 0 Å². The quantitative estimate of drug-likeness (QED) is 0.512. The van der Waals surface area contributed by atoms with Gasteiger partial charge >= 0.3 is 0 Å². The zero-order valence-corrected chi connectivity index (χ0v) is 17.3. The fourth-order valence-electron chi connectivity index (χ4n) is 3.65. The monoisotopic (exact) mass is 376 g/mol. The highest BCUT2D eigenvalue weighted by Crippen LogP contribution is 2.23. The summed E-state index contributed by atoms with van der Waals surface area (Å²) in [5.74, 6) is 0.811. The third-order valence-electron chi connectivity index (χ3n) is 5.54. The van der Waals surface area contributed by atoms with Crippen LogP contribution in [-0.2, 0) is 9.47 Å². The van der Waals surface area contributed by atoms with Crippen LogP contribution in [0.5, 0.6) is 0 Å². The molecule has 0 saturated carbocycles. The van der Waals surface area contributed by atoms with Crippen LogP contribution in [0.15, 0.2) is 35.3 Å². The maximum atomic E-state index is 5.81. The number of methoxy groups -OCH3 is 1. The lowest BCUT2D eigenvalue weighted by atomic mass is 9.94. The lowest BCUT2D eigenvalue weighted by molar-refractivity contribution is -0.0855. The lowest BCUT2D eigenvalue weighted by Crippen LogP contribution is -2.51. The van der Waals surface area contributed by atoms with Crippen LogP contribution in [0.3, 0.4) is 0 Å². The van der Waals surface area contributed by atoms with E-state index in [1.165, 1.54) is 5.56 Å². The van der Waals surface area contributed by atoms with E-state index >= 15 is 0 Å². The van der Waals surface area contributed by atoms with Crippen LogP contribution in [0.4, 0.5) is 0 Å². The lowest BCUT2D eigenvalue weighted by Gasteiger charge is -2.36. The first-order valence-corrected chi connectivity index (χ1v) is 10.0. The molecule has 0 aliphatic carbocycles. The molecule has 0 spiro atoms. The molecule has 0 radical (unpaired) electrons. The molecule has 6 heteroatoms. The van der Waals surface area contributed by atoms with Gasteiger partial charge in [-0.15, -0.1) is 0 Å². The van der Waals surface area contributed by atoms with E-state index in [9.17, 15) is 0 Å². The molecule has 0 aromatic heterocycles. The zero-order valence-electron chi connectivity index (χ0n) is 17.3. The molecule has 1 aliphatic rings. The third kappa shape index (κ3) is 6.19. The van der Waals surface area contributed by atoms with E-state index in [4.69, 9.17) is 9.47 Å². The molecule has 1 atom stereocenters. The smallest absolute Gasteiger partial charge is 0.191 e. The van der Waals surface area contributed by atoms with E-state index in [1.807, 2.05) is 7.05 Å². The van der Waals surface area contributed by atoms with Gasteiger partial charge in [-0.25, -0.2) is 0 Å². The largest absolute Gasteiger partial charge is 0.381 e. The third-order valence-corrected chi connectivity index (χ3v) is 5.54. The van der Waals surface area contributed by atoms with Crippen molar-refractivity contribution in [3.8, 4) is 0 Å². The van der Waals surface area contributed by atoms with E-state index in [0.29, 0.717) is 6.04 Å². The van der Waals surface area contributed by atoms with Gasteiger partial charge in [0.25, 0.3) is 0 Å². The van der Waals surface area contributed by atoms with Gasteiger partial charge in [-0.1, -0.05) is 44.2 Å². The van der Waals surface area contributed by atoms with E-state index in [0.717, 1.165) is 58.2 Å². The van der Waals surface area contributed by atoms with Crippen LogP contribution in [0.25, 0.3) is 0 Å². The van der Waals surface area contributed by atoms with E-state index in [2.05, 4.69) is 64.7 Å². The first-order chi connectivity index (χ1) is 13.2. The zero-order chi connectivity index (χ0) is 19.5. The molecule has 1 aromatic carbocycles. The van der Waals surface area contributed by atoms with Crippen molar-refractivity contribution >= 4 is 5.96 Å². The predicted octanol–water partition coefficient (Wildman–Crippen LogP) is 2.43. The molecule has 1 aliphatic heterocycles. The topological polar surface area (TPSA) is 58.1 Å². The average molecular weight is 377 g/mol. The Bertz CT molecular complexity index is 555. The van der Waals surface area contributed by atoms with E-state index < -0.39 is 0 Å². The summed E-state index contributed by atoms with van der Waals surface area (Å²) >= 11 is 0. The second kappa shape index (κ2) is 11.3. The SMILES string of the molecule is CCN(CC)C(CNC(=NC)NCC1(OC)CCOCC1)c1ccccc1. The van der Waals surface area contributed by atoms with Crippen LogP contribution in [0.2, 0.25) is 0 Å². The minimum Gasteiger partial charge on any atom is -0.381 e. The number of hydrogen-bond acceptors (Lipinski definition) is 4. The molecule has 27 heavy (non-hydrogen) atoms. The molecular weight excluding hydrogens is 340 g/mol. The number of aliphatic imine (C=N–C) groups is 1. The Kier molecular flexibility index (Phi) is 9.04. The number of nitrogens with one attached hydrogen (secondary N) is 2. The minimum absolute atomic E-state index is 0.173. The molecule has 0 bridgehead atoms. The van der Waals surface area contributed by atoms with Crippen molar-refractivity contribution < 1.29 is 9.47 Å². The maximum Gasteiger partial charge on any atom is 0.191 e. The Morgan fingerprint density at radius 1 is 1.19 bits per heavy atom. The van der Waals surface area contributed by atoms with Crippen molar-refractivity contribution in [1.82, 2.24) is 15.5 Å². The van der Waals surface area contributed by atoms with Crippen LogP contribution >= 0.6 is 0 Å². The summed E-state index contributed by atoms with van der Waals surface area (Å²) in [7, 11) is 3.60. The summed E-state index contributed by atoms with van der Waals surface area (Å²) in [6.45, 7) is 9.47. The van der Waals surface area contributed by atoms with Gasteiger partial charge in [-0.2, -0.15) is 0 Å². The molecule has 2 rings (SSSR count). The maximum absolute atomic E-state index is 5.81. The summed E-state index contributed by atoms with van der Waals surface area (Å²) < 4.78 is 11.3. The highest BCUT2D eigenvalue weighted by atomic mass is 16.5. The van der Waals surface area contributed by atoms with Gasteiger partial charge in [0.05, 0.1) is 11.6 Å². The second-order valence-electron chi connectivity index (χ2n) is 6.95. The normalized spacial score (nSPS) is 18.3. The van der Waals surface area contributed by atoms with Crippen molar-refractivity contribution in [3.63, 3.8) is 0 Å². The number of likely N-dealkylation sites (N-methyl/N-ethyl adjacent to an activating group) is 1. The first-order valence-electron chi connectivity index (χ1n) is 10.0.